The van der Waals surface area contributed by atoms with Crippen molar-refractivity contribution >= 4 is 45.7 Å². The molecular weight excluding hydrogens is 456 g/mol. The van der Waals surface area contributed by atoms with Crippen LogP contribution in [0.5, 0.6) is 0 Å². The lowest BCUT2D eigenvalue weighted by Crippen LogP contribution is -2.47. The fourth-order valence-electron chi connectivity index (χ4n) is 4.81. The van der Waals surface area contributed by atoms with Crippen LogP contribution in [-0.2, 0) is 16.1 Å². The number of fused-ring (bicyclic) bond motifs is 1. The third-order valence-electron chi connectivity index (χ3n) is 6.59. The average molecular weight is 481 g/mol. The maximum absolute atomic E-state index is 13.6. The molecule has 3 aromatic carbocycles. The van der Waals surface area contributed by atoms with Crippen LogP contribution in [-0.4, -0.2) is 48.1 Å². The van der Waals surface area contributed by atoms with Crippen LogP contribution < -0.4 is 9.80 Å². The zero-order chi connectivity index (χ0) is 23.8. The summed E-state index contributed by atoms with van der Waals surface area (Å²) in [7, 11) is 0. The second-order valence-corrected chi connectivity index (χ2v) is 9.69. The number of aliphatic imine (C=N–C) groups is 1. The van der Waals surface area contributed by atoms with Gasteiger partial charge < -0.3 is 14.7 Å². The monoisotopic (exact) mass is 480 g/mol. The molecule has 3 aliphatic heterocycles. The molecule has 1 saturated heterocycles. The minimum absolute atomic E-state index is 0.142. The molecule has 0 unspecified atom stereocenters. The third kappa shape index (κ3) is 4.02. The summed E-state index contributed by atoms with van der Waals surface area (Å²) in [6.07, 6.45) is 0. The van der Waals surface area contributed by atoms with E-state index in [0.717, 1.165) is 43.0 Å². The summed E-state index contributed by atoms with van der Waals surface area (Å²) in [5.41, 5.74) is 4.35. The third-order valence-corrected chi connectivity index (χ3v) is 7.71. The number of anilines is 2. The lowest BCUT2D eigenvalue weighted by atomic mass is 10.1. The van der Waals surface area contributed by atoms with Gasteiger partial charge >= 0.3 is 0 Å². The van der Waals surface area contributed by atoms with Crippen molar-refractivity contribution in [3.05, 3.63) is 101 Å². The number of carbonyl (C=O) groups excluding carboxylic acids is 2. The lowest BCUT2D eigenvalue weighted by molar-refractivity contribution is -0.115. The maximum Gasteiger partial charge on any atom is 0.287 e. The van der Waals surface area contributed by atoms with Crippen molar-refractivity contribution in [2.45, 2.75) is 6.54 Å². The smallest absolute Gasteiger partial charge is 0.287 e. The van der Waals surface area contributed by atoms with Gasteiger partial charge in [0.2, 0.25) is 0 Å². The number of amidine groups is 1. The van der Waals surface area contributed by atoms with Gasteiger partial charge in [-0.2, -0.15) is 4.99 Å². The molecule has 0 N–H and O–H groups in total. The number of hydrogen-bond donors (Lipinski definition) is 0. The Labute approximate surface area is 208 Å². The summed E-state index contributed by atoms with van der Waals surface area (Å²) in [5, 5.41) is 0.692. The quantitative estimate of drug-likeness (QED) is 0.521. The Morgan fingerprint density at radius 2 is 1.37 bits per heavy atom. The number of hydrogen-bond acceptors (Lipinski definition) is 5. The molecule has 6 nitrogen and oxygen atoms in total. The van der Waals surface area contributed by atoms with Crippen molar-refractivity contribution in [2.75, 3.05) is 36.0 Å². The molecule has 0 aliphatic carbocycles. The van der Waals surface area contributed by atoms with Gasteiger partial charge in [-0.15, -0.1) is 0 Å². The highest BCUT2D eigenvalue weighted by atomic mass is 32.2. The molecule has 6 rings (SSSR count). The van der Waals surface area contributed by atoms with E-state index in [-0.39, 0.29) is 11.8 Å². The fraction of sp³-hybridized carbons (Fsp3) is 0.179. The predicted molar refractivity (Wildman–Crippen MR) is 141 cm³/mol. The first kappa shape index (κ1) is 21.7. The highest BCUT2D eigenvalue weighted by Crippen LogP contribution is 2.44. The number of carbonyl (C=O) groups is 2. The molecule has 3 heterocycles. The molecule has 3 aliphatic rings. The number of thioether (sulfide) groups is 1. The Morgan fingerprint density at radius 3 is 2.11 bits per heavy atom. The Balaban J connectivity index is 1.24. The largest absolute Gasteiger partial charge is 0.368 e. The van der Waals surface area contributed by atoms with Gasteiger partial charge in [-0.05, 0) is 35.5 Å². The Kier molecular flexibility index (Phi) is 5.62. The zero-order valence-electron chi connectivity index (χ0n) is 19.1. The van der Waals surface area contributed by atoms with Crippen LogP contribution in [0.4, 0.5) is 11.4 Å². The van der Waals surface area contributed by atoms with Gasteiger partial charge in [0.1, 0.15) is 0 Å². The molecule has 0 saturated carbocycles. The number of benzene rings is 3. The average Bonchev–Trinajstić information content (AvgIpc) is 3.42. The molecular formula is C28H24N4O2S. The SMILES string of the molecule is O=C1N=C(N2CCN(c3ccccc3)CC2)S/C1=C1/C(=O)N(Cc2ccccc2)c2ccccc21. The molecule has 0 spiro atoms. The Bertz CT molecular complexity index is 1350. The summed E-state index contributed by atoms with van der Waals surface area (Å²) >= 11 is 1.34. The van der Waals surface area contributed by atoms with Crippen molar-refractivity contribution in [3.8, 4) is 0 Å². The topological polar surface area (TPSA) is 56.2 Å². The van der Waals surface area contributed by atoms with Gasteiger partial charge in [-0.1, -0.05) is 66.7 Å². The first-order chi connectivity index (χ1) is 17.2. The molecule has 0 atom stereocenters. The summed E-state index contributed by atoms with van der Waals surface area (Å²) in [6, 6.07) is 28.0. The first-order valence-corrected chi connectivity index (χ1v) is 12.6. The van der Waals surface area contributed by atoms with Gasteiger partial charge in [0.25, 0.3) is 11.8 Å². The number of para-hydroxylation sites is 2. The fourth-order valence-corrected chi connectivity index (χ4v) is 5.86. The van der Waals surface area contributed by atoms with Gasteiger partial charge in [-0.25, -0.2) is 0 Å². The molecule has 0 aromatic heterocycles. The molecule has 1 fully saturated rings. The van der Waals surface area contributed by atoms with Crippen LogP contribution in [0.15, 0.2) is 94.8 Å². The normalized spacial score (nSPS) is 19.9. The minimum atomic E-state index is -0.324. The standard InChI is InChI=1S/C28H24N4O2S/c33-26-25(35-28(29-26)31-17-15-30(16-18-31)21-11-5-2-6-12-21)24-22-13-7-8-14-23(22)32(27(24)34)19-20-9-3-1-4-10-20/h1-14H,15-19H2/b25-24+. The van der Waals surface area contributed by atoms with E-state index in [1.54, 1.807) is 4.90 Å². The number of rotatable bonds is 3. The first-order valence-electron chi connectivity index (χ1n) is 11.7. The van der Waals surface area contributed by atoms with E-state index in [1.807, 2.05) is 72.8 Å². The summed E-state index contributed by atoms with van der Waals surface area (Å²) in [5.74, 6) is -0.466. The van der Waals surface area contributed by atoms with Crippen LogP contribution in [0.3, 0.4) is 0 Å². The van der Waals surface area contributed by atoms with E-state index in [0.29, 0.717) is 22.2 Å². The van der Waals surface area contributed by atoms with Gasteiger partial charge in [-0.3, -0.25) is 9.59 Å². The number of piperazine rings is 1. The van der Waals surface area contributed by atoms with Crippen molar-refractivity contribution in [1.82, 2.24) is 4.90 Å². The molecule has 35 heavy (non-hydrogen) atoms. The second-order valence-electron chi connectivity index (χ2n) is 8.71. The highest BCUT2D eigenvalue weighted by molar-refractivity contribution is 8.18. The zero-order valence-corrected chi connectivity index (χ0v) is 19.9. The van der Waals surface area contributed by atoms with Gasteiger partial charge in [0.15, 0.2) is 5.17 Å². The van der Waals surface area contributed by atoms with Crippen LogP contribution in [0.1, 0.15) is 11.1 Å². The van der Waals surface area contributed by atoms with Gasteiger partial charge in [0.05, 0.1) is 22.7 Å². The van der Waals surface area contributed by atoms with Crippen molar-refractivity contribution in [3.63, 3.8) is 0 Å². The molecule has 3 aromatic rings. The van der Waals surface area contributed by atoms with Crippen LogP contribution >= 0.6 is 11.8 Å². The predicted octanol–water partition coefficient (Wildman–Crippen LogP) is 4.40. The summed E-state index contributed by atoms with van der Waals surface area (Å²) in [4.78, 5) is 37.7. The number of nitrogens with zero attached hydrogens (tertiary/aromatic N) is 4. The van der Waals surface area contributed by atoms with E-state index < -0.39 is 0 Å². The minimum Gasteiger partial charge on any atom is -0.368 e. The highest BCUT2D eigenvalue weighted by Gasteiger charge is 2.39. The van der Waals surface area contributed by atoms with Crippen molar-refractivity contribution in [2.24, 2.45) is 4.99 Å². The van der Waals surface area contributed by atoms with E-state index >= 15 is 0 Å². The molecule has 7 heteroatoms. The summed E-state index contributed by atoms with van der Waals surface area (Å²) in [6.45, 7) is 3.73. The molecule has 0 radical (unpaired) electrons. The summed E-state index contributed by atoms with van der Waals surface area (Å²) < 4.78 is 0. The maximum atomic E-state index is 13.6. The van der Waals surface area contributed by atoms with Crippen molar-refractivity contribution < 1.29 is 9.59 Å². The van der Waals surface area contributed by atoms with Crippen LogP contribution in [0, 0.1) is 0 Å². The molecule has 174 valence electrons. The Morgan fingerprint density at radius 1 is 0.743 bits per heavy atom. The van der Waals surface area contributed by atoms with Crippen LogP contribution in [0.2, 0.25) is 0 Å². The van der Waals surface area contributed by atoms with E-state index in [9.17, 15) is 9.59 Å². The van der Waals surface area contributed by atoms with Gasteiger partial charge in [0, 0.05) is 37.4 Å². The Hall–Kier alpha value is -3.84. The second kappa shape index (κ2) is 9.07. The van der Waals surface area contributed by atoms with Crippen LogP contribution in [0.25, 0.3) is 5.57 Å². The van der Waals surface area contributed by atoms with E-state index in [2.05, 4.69) is 26.9 Å². The van der Waals surface area contributed by atoms with Crippen molar-refractivity contribution in [1.29, 1.82) is 0 Å². The van der Waals surface area contributed by atoms with E-state index in [1.165, 1.54) is 17.4 Å². The number of amides is 2. The molecule has 2 amide bonds. The lowest BCUT2D eigenvalue weighted by Gasteiger charge is -2.36. The molecule has 0 bridgehead atoms. The van der Waals surface area contributed by atoms with E-state index in [4.69, 9.17) is 0 Å².